The van der Waals surface area contributed by atoms with Crippen LogP contribution >= 0.6 is 11.6 Å². The third-order valence-electron chi connectivity index (χ3n) is 3.25. The fourth-order valence-electron chi connectivity index (χ4n) is 2.22. The molecule has 0 radical (unpaired) electrons. The molecule has 1 aliphatic heterocycles. The van der Waals surface area contributed by atoms with Crippen molar-refractivity contribution in [1.82, 2.24) is 0 Å². The first kappa shape index (κ1) is 12.2. The van der Waals surface area contributed by atoms with Crippen LogP contribution in [0.2, 0.25) is 5.02 Å². The maximum absolute atomic E-state index is 11.0. The predicted octanol–water partition coefficient (Wildman–Crippen LogP) is 3.74. The van der Waals surface area contributed by atoms with Crippen molar-refractivity contribution in [3.05, 3.63) is 58.1 Å². The van der Waals surface area contributed by atoms with Crippen LogP contribution in [0.4, 0.5) is 0 Å². The van der Waals surface area contributed by atoms with Crippen molar-refractivity contribution in [3.63, 3.8) is 0 Å². The van der Waals surface area contributed by atoms with Crippen LogP contribution < -0.4 is 0 Å². The van der Waals surface area contributed by atoms with Gasteiger partial charge in [0, 0.05) is 10.6 Å². The molecule has 0 saturated carbocycles. The standard InChI is InChI=1S/C15H11ClO3/c16-14-4-3-10(15(17)18)6-13(14)9-1-2-11-7-19-8-12(11)5-9/h1-6H,7-8H2,(H,17,18). The predicted molar refractivity (Wildman–Crippen MR) is 72.3 cm³/mol. The molecule has 0 amide bonds. The summed E-state index contributed by atoms with van der Waals surface area (Å²) in [6.45, 7) is 1.23. The summed E-state index contributed by atoms with van der Waals surface area (Å²) in [7, 11) is 0. The highest BCUT2D eigenvalue weighted by Gasteiger charge is 2.14. The van der Waals surface area contributed by atoms with E-state index < -0.39 is 5.97 Å². The van der Waals surface area contributed by atoms with E-state index in [0.717, 1.165) is 16.7 Å². The summed E-state index contributed by atoms with van der Waals surface area (Å²) in [6.07, 6.45) is 0. The van der Waals surface area contributed by atoms with Crippen LogP contribution in [0.3, 0.4) is 0 Å². The molecule has 3 nitrogen and oxygen atoms in total. The van der Waals surface area contributed by atoms with E-state index in [2.05, 4.69) is 0 Å². The monoisotopic (exact) mass is 274 g/mol. The van der Waals surface area contributed by atoms with Gasteiger partial charge in [0.1, 0.15) is 0 Å². The minimum atomic E-state index is -0.956. The van der Waals surface area contributed by atoms with Crippen molar-refractivity contribution in [3.8, 4) is 11.1 Å². The highest BCUT2D eigenvalue weighted by atomic mass is 35.5. The van der Waals surface area contributed by atoms with E-state index in [9.17, 15) is 4.79 Å². The molecule has 96 valence electrons. The molecule has 1 N–H and O–H groups in total. The maximum Gasteiger partial charge on any atom is 0.335 e. The zero-order valence-corrected chi connectivity index (χ0v) is 10.8. The van der Waals surface area contributed by atoms with Crippen molar-refractivity contribution in [2.24, 2.45) is 0 Å². The first-order valence-corrected chi connectivity index (χ1v) is 6.26. The largest absolute Gasteiger partial charge is 0.478 e. The summed E-state index contributed by atoms with van der Waals surface area (Å²) in [5.74, 6) is -0.956. The van der Waals surface area contributed by atoms with Gasteiger partial charge in [-0.05, 0) is 41.0 Å². The Bertz CT molecular complexity index is 664. The van der Waals surface area contributed by atoms with Gasteiger partial charge in [-0.3, -0.25) is 0 Å². The quantitative estimate of drug-likeness (QED) is 0.907. The summed E-state index contributed by atoms with van der Waals surface area (Å²) in [5.41, 5.74) is 4.19. The van der Waals surface area contributed by atoms with Crippen molar-refractivity contribution in [2.75, 3.05) is 0 Å². The lowest BCUT2D eigenvalue weighted by molar-refractivity contribution is 0.0697. The summed E-state index contributed by atoms with van der Waals surface area (Å²) in [5, 5.41) is 9.58. The zero-order chi connectivity index (χ0) is 13.4. The Labute approximate surface area is 115 Å². The number of hydrogen-bond donors (Lipinski definition) is 1. The molecular formula is C15H11ClO3. The molecule has 1 aliphatic rings. The van der Waals surface area contributed by atoms with Crippen LogP contribution in [0.25, 0.3) is 11.1 Å². The second-order valence-electron chi connectivity index (χ2n) is 4.48. The Morgan fingerprint density at radius 2 is 1.89 bits per heavy atom. The second-order valence-corrected chi connectivity index (χ2v) is 4.88. The van der Waals surface area contributed by atoms with Gasteiger partial charge in [0.15, 0.2) is 0 Å². The van der Waals surface area contributed by atoms with Crippen LogP contribution in [-0.2, 0) is 18.0 Å². The first-order valence-electron chi connectivity index (χ1n) is 5.88. The van der Waals surface area contributed by atoms with Gasteiger partial charge in [0.25, 0.3) is 0 Å². The van der Waals surface area contributed by atoms with Crippen LogP contribution in [-0.4, -0.2) is 11.1 Å². The molecule has 19 heavy (non-hydrogen) atoms. The van der Waals surface area contributed by atoms with E-state index >= 15 is 0 Å². The molecule has 0 saturated heterocycles. The normalized spacial score (nSPS) is 13.3. The summed E-state index contributed by atoms with van der Waals surface area (Å²) >= 11 is 6.16. The number of halogens is 1. The molecule has 0 aromatic heterocycles. The fourth-order valence-corrected chi connectivity index (χ4v) is 2.45. The molecule has 0 aliphatic carbocycles. The van der Waals surface area contributed by atoms with Gasteiger partial charge in [0.2, 0.25) is 0 Å². The molecule has 2 aromatic rings. The molecule has 1 heterocycles. The minimum absolute atomic E-state index is 0.233. The maximum atomic E-state index is 11.0. The zero-order valence-electron chi connectivity index (χ0n) is 10.0. The number of aromatic carboxylic acids is 1. The number of benzene rings is 2. The minimum Gasteiger partial charge on any atom is -0.478 e. The van der Waals surface area contributed by atoms with Crippen LogP contribution in [0.1, 0.15) is 21.5 Å². The van der Waals surface area contributed by atoms with E-state index in [-0.39, 0.29) is 5.56 Å². The lowest BCUT2D eigenvalue weighted by atomic mass is 9.99. The Balaban J connectivity index is 2.11. The summed E-state index contributed by atoms with van der Waals surface area (Å²) < 4.78 is 5.37. The van der Waals surface area contributed by atoms with Gasteiger partial charge in [0.05, 0.1) is 18.8 Å². The van der Waals surface area contributed by atoms with E-state index in [4.69, 9.17) is 21.4 Å². The lowest BCUT2D eigenvalue weighted by Gasteiger charge is -2.07. The Morgan fingerprint density at radius 3 is 2.68 bits per heavy atom. The molecule has 2 aromatic carbocycles. The molecule has 4 heteroatoms. The van der Waals surface area contributed by atoms with E-state index in [0.29, 0.717) is 18.2 Å². The number of hydrogen-bond acceptors (Lipinski definition) is 2. The number of carboxylic acid groups (broad SMARTS) is 1. The van der Waals surface area contributed by atoms with Gasteiger partial charge < -0.3 is 9.84 Å². The Kier molecular flexibility index (Phi) is 3.01. The number of rotatable bonds is 2. The van der Waals surface area contributed by atoms with Gasteiger partial charge >= 0.3 is 5.97 Å². The summed E-state index contributed by atoms with van der Waals surface area (Å²) in [4.78, 5) is 11.0. The van der Waals surface area contributed by atoms with Crippen molar-refractivity contribution in [1.29, 1.82) is 0 Å². The highest BCUT2D eigenvalue weighted by molar-refractivity contribution is 6.33. The molecule has 3 rings (SSSR count). The van der Waals surface area contributed by atoms with Crippen molar-refractivity contribution in [2.45, 2.75) is 13.2 Å². The van der Waals surface area contributed by atoms with Gasteiger partial charge in [-0.1, -0.05) is 23.7 Å². The van der Waals surface area contributed by atoms with Gasteiger partial charge in [-0.25, -0.2) is 4.79 Å². The van der Waals surface area contributed by atoms with Crippen molar-refractivity contribution < 1.29 is 14.6 Å². The number of carboxylic acids is 1. The van der Waals surface area contributed by atoms with Crippen LogP contribution in [0.15, 0.2) is 36.4 Å². The Hall–Kier alpha value is -1.84. The fraction of sp³-hybridized carbons (Fsp3) is 0.133. The molecule has 0 unspecified atom stereocenters. The first-order chi connectivity index (χ1) is 9.15. The third kappa shape index (κ3) is 2.23. The van der Waals surface area contributed by atoms with Gasteiger partial charge in [-0.15, -0.1) is 0 Å². The number of fused-ring (bicyclic) bond motifs is 1. The number of carbonyl (C=O) groups is 1. The number of ether oxygens (including phenoxy) is 1. The van der Waals surface area contributed by atoms with Crippen molar-refractivity contribution >= 4 is 17.6 Å². The topological polar surface area (TPSA) is 46.5 Å². The highest BCUT2D eigenvalue weighted by Crippen LogP contribution is 2.32. The van der Waals surface area contributed by atoms with E-state index in [1.807, 2.05) is 18.2 Å². The van der Waals surface area contributed by atoms with E-state index in [1.54, 1.807) is 12.1 Å². The molecule has 0 spiro atoms. The smallest absolute Gasteiger partial charge is 0.335 e. The van der Waals surface area contributed by atoms with Crippen LogP contribution in [0, 0.1) is 0 Å². The SMILES string of the molecule is O=C(O)c1ccc(Cl)c(-c2ccc3c(c2)COC3)c1. The molecular weight excluding hydrogens is 264 g/mol. The third-order valence-corrected chi connectivity index (χ3v) is 3.58. The lowest BCUT2D eigenvalue weighted by Crippen LogP contribution is -1.96. The average Bonchev–Trinajstić information content (AvgIpc) is 2.86. The second kappa shape index (κ2) is 4.68. The Morgan fingerprint density at radius 1 is 1.11 bits per heavy atom. The molecule has 0 atom stereocenters. The average molecular weight is 275 g/mol. The van der Waals surface area contributed by atoms with Crippen LogP contribution in [0.5, 0.6) is 0 Å². The summed E-state index contributed by atoms with van der Waals surface area (Å²) in [6, 6.07) is 10.7. The van der Waals surface area contributed by atoms with E-state index in [1.165, 1.54) is 11.6 Å². The molecule has 0 fully saturated rings. The molecule has 0 bridgehead atoms. The van der Waals surface area contributed by atoms with Gasteiger partial charge in [-0.2, -0.15) is 0 Å².